The van der Waals surface area contributed by atoms with Crippen LogP contribution in [0.4, 0.5) is 25.2 Å². The van der Waals surface area contributed by atoms with Crippen molar-refractivity contribution in [1.82, 2.24) is 0 Å². The van der Waals surface area contributed by atoms with Crippen molar-refractivity contribution in [3.8, 4) is 0 Å². The van der Waals surface area contributed by atoms with Crippen molar-refractivity contribution in [2.24, 2.45) is 0 Å². The van der Waals surface area contributed by atoms with Crippen LogP contribution in [0.15, 0.2) is 0 Å². The largest absolute Gasteiger partial charge is 0.786 e. The van der Waals surface area contributed by atoms with E-state index < -0.39 is 47.4 Å². The van der Waals surface area contributed by atoms with E-state index in [1.54, 1.807) is 0 Å². The quantitative estimate of drug-likeness (QED) is 0.141. The van der Waals surface area contributed by atoms with Gasteiger partial charge in [0.1, 0.15) is 117 Å². The number of carbonyl (C=O) groups is 12. The van der Waals surface area contributed by atoms with Crippen LogP contribution in [0, 0.1) is 0 Å². The molecule has 12 aliphatic rings. The number of piperidine rings is 12. The number of hydrogen-bond donors (Lipinski definition) is 0. The maximum Gasteiger partial charge on any atom is 0.144 e. The molecule has 42 nitrogen and oxygen atoms in total. The Kier molecular flexibility index (Phi) is 68.8. The monoisotopic (exact) mass is 2130 g/mol. The predicted molar refractivity (Wildman–Crippen MR) is 485 cm³/mol. The zero-order valence-electron chi connectivity index (χ0n) is 86.5. The van der Waals surface area contributed by atoms with Crippen molar-refractivity contribution in [3.05, 3.63) is 0 Å². The van der Waals surface area contributed by atoms with Crippen LogP contribution in [0.2, 0.25) is 0 Å². The van der Waals surface area contributed by atoms with Gasteiger partial charge in [-0.05, 0) is 0 Å². The third-order valence-corrected chi connectivity index (χ3v) is 23.9. The van der Waals surface area contributed by atoms with E-state index in [-0.39, 0.29) is 0 Å². The lowest BCUT2D eigenvalue weighted by atomic mass is 10.1. The molecule has 0 spiro atoms. The molecular weight excluding hydrogens is 1960 g/mol. The van der Waals surface area contributed by atoms with Gasteiger partial charge in [0.15, 0.2) is 0 Å². The summed E-state index contributed by atoms with van der Waals surface area (Å²) in [6.45, 7) is 24.6. The average molecular weight is 2130 g/mol. The summed E-state index contributed by atoms with van der Waals surface area (Å²) in [6, 6.07) is 0. The van der Waals surface area contributed by atoms with Crippen LogP contribution < -0.4 is 58.7 Å². The molecule has 54 heteroatoms. The fourth-order valence-corrected chi connectivity index (χ4v) is 13.1. The SMILES string of the molecule is C[N+]1(C)CCC(=O)CC1.C[N+]1(C)CCC(=O)CC1.C[N+]1(C)CCC(=O)CC1.C[N+]1(C)CCC(=O)CC1.C[N+]1(C)CCC(=O)CC1.C[N+]1(C)CCC(=O)CC1.C[N+]1(C)CCC(=O)CC1.C[N+]1(C)CCC(=O)CC1.C[N+]1(C)CCC(=O)CC1.C[N+]1(C)CCC(=O)CC1.C[N+]1(C)CCC(=O)CC1.C[N+]1(C)CCC(=O)CC1.O=P([O-])([O-])F.O=P([O-])([O-])F.O=P([O-])([O-])F.O=P([O-])([O-])F.O=P([O-])([O-])F.O=P([O-])([O-])F. The molecule has 0 N–H and O–H groups in total. The Hall–Kier alpha value is -3.96. The second-order valence-electron chi connectivity index (χ2n) is 43.6. The summed E-state index contributed by atoms with van der Waals surface area (Å²) in [5.41, 5.74) is 0. The van der Waals surface area contributed by atoms with E-state index in [0.717, 1.165) is 365 Å². The Morgan fingerprint density at radius 1 is 0.130 bits per heavy atom. The van der Waals surface area contributed by atoms with Gasteiger partial charge in [-0.25, -0.2) is 25.2 Å². The van der Waals surface area contributed by atoms with E-state index >= 15 is 0 Å². The van der Waals surface area contributed by atoms with E-state index in [9.17, 15) is 82.7 Å². The summed E-state index contributed by atoms with van der Waals surface area (Å²) in [6.07, 6.45) is 18.8. The Bertz CT molecular complexity index is 3040. The second-order valence-corrected chi connectivity index (χ2v) is 48.8. The number of halogens is 6. The molecule has 816 valence electrons. The Morgan fingerprint density at radius 2 is 0.159 bits per heavy atom. The van der Waals surface area contributed by atoms with Crippen LogP contribution >= 0.6 is 47.4 Å². The molecule has 0 saturated carbocycles. The number of ketones is 12. The van der Waals surface area contributed by atoms with Crippen molar-refractivity contribution >= 4 is 117 Å². The Balaban J connectivity index is -0.000000336. The van der Waals surface area contributed by atoms with Gasteiger partial charge in [0, 0.05) is 0 Å². The van der Waals surface area contributed by atoms with Crippen LogP contribution in [0.1, 0.15) is 154 Å². The summed E-state index contributed by atoms with van der Waals surface area (Å²) in [5.74, 6) is 5.25. The molecule has 12 fully saturated rings. The van der Waals surface area contributed by atoms with E-state index in [4.69, 9.17) is 86.1 Å². The lowest BCUT2D eigenvalue weighted by molar-refractivity contribution is -0.891. The summed E-state index contributed by atoms with van der Waals surface area (Å²) < 4.78 is 124. The molecule has 0 aliphatic carbocycles. The molecule has 0 radical (unpaired) electrons. The summed E-state index contributed by atoms with van der Waals surface area (Å²) >= 11 is 0. The van der Waals surface area contributed by atoms with Crippen molar-refractivity contribution in [1.29, 1.82) is 0 Å². The third-order valence-electron chi connectivity index (χ3n) is 23.9. The summed E-state index contributed by atoms with van der Waals surface area (Å²) in [4.78, 5) is 230. The first kappa shape index (κ1) is 145. The van der Waals surface area contributed by atoms with Crippen LogP contribution in [0.5, 0.6) is 0 Å². The molecule has 0 aromatic carbocycles. The van der Waals surface area contributed by atoms with Crippen LogP contribution in [-0.2, 0) is 84.9 Å². The minimum atomic E-state index is -5.64. The van der Waals surface area contributed by atoms with Gasteiger partial charge in [-0.15, -0.1) is 0 Å². The zero-order valence-corrected chi connectivity index (χ0v) is 91.9. The molecule has 0 atom stereocenters. The zero-order chi connectivity index (χ0) is 110. The number of rotatable bonds is 0. The maximum atomic E-state index is 10.7. The van der Waals surface area contributed by atoms with E-state index in [1.807, 2.05) is 0 Å². The van der Waals surface area contributed by atoms with Crippen LogP contribution in [-0.4, -0.2) is 449 Å². The summed E-state index contributed by atoms with van der Waals surface area (Å²) in [7, 11) is 18.3. The van der Waals surface area contributed by atoms with Gasteiger partial charge in [-0.1, -0.05) is 0 Å². The van der Waals surface area contributed by atoms with Crippen LogP contribution in [0.3, 0.4) is 0 Å². The minimum Gasteiger partial charge on any atom is -0.786 e. The minimum absolute atomic E-state index is 0.437. The molecule has 0 amide bonds. The molecule has 0 aromatic heterocycles. The smallest absolute Gasteiger partial charge is 0.144 e. The molecule has 12 heterocycles. The highest BCUT2D eigenvalue weighted by Gasteiger charge is 2.32. The van der Waals surface area contributed by atoms with Gasteiger partial charge in [0.2, 0.25) is 0 Å². The lowest BCUT2D eigenvalue weighted by Crippen LogP contribution is -2.46. The van der Waals surface area contributed by atoms with E-state index in [2.05, 4.69) is 169 Å². The van der Waals surface area contributed by atoms with Gasteiger partial charge >= 0.3 is 0 Å². The molecular formula is C84H168F6N12O30P6. The molecule has 12 aliphatic heterocycles. The first-order chi connectivity index (χ1) is 61.2. The number of hydrogen-bond acceptors (Lipinski definition) is 30. The number of likely N-dealkylation sites (tertiary alicyclic amines) is 12. The summed E-state index contributed by atoms with van der Waals surface area (Å²) in [5, 5.41) is 0. The van der Waals surface area contributed by atoms with Crippen molar-refractivity contribution in [2.75, 3.05) is 326 Å². The predicted octanol–water partition coefficient (Wildman–Crippen LogP) is -2.18. The lowest BCUT2D eigenvalue weighted by Gasteiger charge is -2.32. The van der Waals surface area contributed by atoms with Crippen LogP contribution in [0.25, 0.3) is 0 Å². The van der Waals surface area contributed by atoms with Gasteiger partial charge in [0.05, 0.1) is 480 Å². The van der Waals surface area contributed by atoms with Gasteiger partial charge in [-0.2, -0.15) is 0 Å². The normalized spacial score (nSPS) is 23.1. The molecule has 0 aromatic rings. The number of quaternary nitrogens is 12. The molecule has 0 unspecified atom stereocenters. The number of carbonyl (C=O) groups excluding carboxylic acids is 12. The molecule has 138 heavy (non-hydrogen) atoms. The number of Topliss-reactive ketones (excluding diaryl/α,β-unsaturated/α-hetero) is 12. The standard InChI is InChI=1S/12C7H14NO.6FH2O3P/c12*1-8(2)5-3-7(9)4-6-8;6*1-5(2,3)4/h12*3-6H2,1-2H3;6*(H2,2,3,4)/q12*+1;;;;;;/p-12. The number of nitrogens with zero attached hydrogens (tertiary/aromatic N) is 12. The highest BCUT2D eigenvalue weighted by Crippen LogP contribution is 2.26. The van der Waals surface area contributed by atoms with Crippen molar-refractivity contribution in [2.45, 2.75) is 154 Å². The third kappa shape index (κ3) is 116. The van der Waals surface area contributed by atoms with E-state index in [1.165, 1.54) is 0 Å². The first-order valence-electron chi connectivity index (χ1n) is 45.6. The van der Waals surface area contributed by atoms with Gasteiger partial charge < -0.3 is 140 Å². The van der Waals surface area contributed by atoms with E-state index in [0.29, 0.717) is 69.4 Å². The van der Waals surface area contributed by atoms with Crippen molar-refractivity contribution < 1.29 is 223 Å². The maximum absolute atomic E-state index is 10.7. The highest BCUT2D eigenvalue weighted by molar-refractivity contribution is 7.43. The molecule has 12 rings (SSSR count). The molecule has 0 bridgehead atoms. The van der Waals surface area contributed by atoms with Gasteiger partial charge in [0.25, 0.3) is 0 Å². The molecule has 12 saturated heterocycles. The average Bonchev–Trinajstić information content (AvgIpc) is 0.956. The second kappa shape index (κ2) is 65.6. The Labute approximate surface area is 816 Å². The first-order valence-corrected chi connectivity index (χ1v) is 54.2. The van der Waals surface area contributed by atoms with Gasteiger partial charge in [-0.3, -0.25) is 57.5 Å². The van der Waals surface area contributed by atoms with Crippen molar-refractivity contribution in [3.63, 3.8) is 0 Å². The fraction of sp³-hybridized carbons (Fsp3) is 0.857. The fourth-order valence-electron chi connectivity index (χ4n) is 13.1. The highest BCUT2D eigenvalue weighted by atomic mass is 31.2. The topological polar surface area (TPSA) is 584 Å². The Morgan fingerprint density at radius 3 is 0.181 bits per heavy atom.